The maximum absolute atomic E-state index is 11.6. The number of nitrogens with one attached hydrogen (secondary N) is 3. The van der Waals surface area contributed by atoms with Gasteiger partial charge < -0.3 is 4.98 Å². The molecule has 0 bridgehead atoms. The minimum atomic E-state index is -0.182. The number of fused-ring (bicyclic) bond motifs is 2. The Hall–Kier alpha value is -2.08. The van der Waals surface area contributed by atoms with Crippen LogP contribution in [-0.4, -0.2) is 15.3 Å². The van der Waals surface area contributed by atoms with Crippen LogP contribution < -0.4 is 9.97 Å². The highest BCUT2D eigenvalue weighted by atomic mass is 35.5. The number of pyridine rings is 1. The Labute approximate surface area is 92.4 Å². The molecule has 3 aromatic rings. The van der Waals surface area contributed by atoms with Gasteiger partial charge in [0.15, 0.2) is 5.43 Å². The van der Waals surface area contributed by atoms with Crippen molar-refractivity contribution in [1.29, 1.82) is 0 Å². The highest BCUT2D eigenvalue weighted by Crippen LogP contribution is 2.25. The molecule has 80 valence electrons. The molecule has 0 aliphatic rings. The fourth-order valence-electron chi connectivity index (χ4n) is 1.71. The fraction of sp³-hybridized carbons (Fsp3) is 0. The number of H-pyrrole nitrogens is 3. The number of halogens is 1. The van der Waals surface area contributed by atoms with Crippen LogP contribution in [0, 0.1) is 4.91 Å². The summed E-state index contributed by atoms with van der Waals surface area (Å²) in [5, 5.41) is 5.69. The van der Waals surface area contributed by atoms with Crippen LogP contribution in [0.4, 0.5) is 0 Å². The molecule has 0 fully saturated rings. The van der Waals surface area contributed by atoms with Gasteiger partial charge in [-0.15, -0.1) is 0 Å². The van der Waals surface area contributed by atoms with Gasteiger partial charge in [0.1, 0.15) is 5.02 Å². The molecule has 0 saturated carbocycles. The van der Waals surface area contributed by atoms with E-state index in [0.29, 0.717) is 31.5 Å². The Balaban J connectivity index is 2.74. The van der Waals surface area contributed by atoms with Crippen LogP contribution >= 0.6 is 11.6 Å². The van der Waals surface area contributed by atoms with Crippen LogP contribution in [0.5, 0.6) is 0 Å². The van der Waals surface area contributed by atoms with E-state index in [1.54, 1.807) is 0 Å². The largest absolute Gasteiger partial charge is 0.360 e. The van der Waals surface area contributed by atoms with Crippen molar-refractivity contribution >= 4 is 33.5 Å². The van der Waals surface area contributed by atoms with Gasteiger partial charge in [-0.3, -0.25) is 4.79 Å². The second kappa shape index (κ2) is 2.96. The molecule has 6 nitrogen and oxygen atoms in total. The van der Waals surface area contributed by atoms with Crippen molar-refractivity contribution in [2.75, 3.05) is 0 Å². The molecule has 0 aliphatic heterocycles. The predicted molar refractivity (Wildman–Crippen MR) is 59.2 cm³/mol. The van der Waals surface area contributed by atoms with Gasteiger partial charge in [-0.05, 0) is 4.91 Å². The third-order valence-corrected chi connectivity index (χ3v) is 2.85. The Bertz CT molecular complexity index is 814. The molecule has 16 heavy (non-hydrogen) atoms. The first-order valence-electron chi connectivity index (χ1n) is 4.51. The maximum atomic E-state index is 11.6. The lowest BCUT2D eigenvalue weighted by Crippen LogP contribution is -2.15. The highest BCUT2D eigenvalue weighted by molar-refractivity contribution is 6.39. The fourth-order valence-corrected chi connectivity index (χ4v) is 2.01. The van der Waals surface area contributed by atoms with Crippen LogP contribution in [0.2, 0.25) is 5.02 Å². The number of nitrogens with zero attached hydrogens (tertiary/aromatic N) is 1. The molecule has 0 spiro atoms. The van der Waals surface area contributed by atoms with E-state index in [4.69, 9.17) is 11.6 Å². The van der Waals surface area contributed by atoms with Crippen molar-refractivity contribution in [3.63, 3.8) is 0 Å². The molecule has 0 aliphatic carbocycles. The third kappa shape index (κ3) is 1.04. The molecule has 3 N–H and O–H groups in total. The quantitative estimate of drug-likeness (QED) is 0.508. The van der Waals surface area contributed by atoms with Crippen molar-refractivity contribution in [2.24, 2.45) is 0 Å². The average Bonchev–Trinajstić information content (AvgIpc) is 2.63. The van der Waals surface area contributed by atoms with Crippen LogP contribution in [0.3, 0.4) is 0 Å². The summed E-state index contributed by atoms with van der Waals surface area (Å²) >= 11 is 6.09. The lowest BCUT2D eigenvalue weighted by molar-refractivity contribution is -0.537. The maximum Gasteiger partial charge on any atom is 0.251 e. The molecule has 3 rings (SSSR count). The lowest BCUT2D eigenvalue weighted by Gasteiger charge is -1.96. The van der Waals surface area contributed by atoms with Crippen molar-refractivity contribution in [2.45, 2.75) is 0 Å². The van der Waals surface area contributed by atoms with E-state index in [-0.39, 0.29) is 5.43 Å². The van der Waals surface area contributed by atoms with Gasteiger partial charge in [0.05, 0.1) is 15.4 Å². The van der Waals surface area contributed by atoms with Crippen LogP contribution in [-0.2, 0) is 0 Å². The average molecular weight is 238 g/mol. The van der Waals surface area contributed by atoms with Gasteiger partial charge in [0, 0.05) is 18.3 Å². The van der Waals surface area contributed by atoms with Crippen LogP contribution in [0.15, 0.2) is 23.1 Å². The standard InChI is InChI=1S/C9H5ClN4O2/c10-7-8-4(6(15)1-2-11-8)3-5-9(7)12-13-14(5)16/h1-3H,(H2-,11,12,13,15,16)/p+1. The summed E-state index contributed by atoms with van der Waals surface area (Å²) in [6.45, 7) is 0. The summed E-state index contributed by atoms with van der Waals surface area (Å²) in [7, 11) is 0. The molecule has 7 heteroatoms. The normalized spacial score (nSPS) is 11.3. The molecule has 0 atom stereocenters. The molecule has 1 aromatic carbocycles. The first kappa shape index (κ1) is 9.17. The molecule has 0 unspecified atom stereocenters. The van der Waals surface area contributed by atoms with E-state index in [1.165, 1.54) is 18.3 Å². The summed E-state index contributed by atoms with van der Waals surface area (Å²) in [5.41, 5.74) is 1.09. The second-order valence-electron chi connectivity index (χ2n) is 3.38. The number of hydrogen-bond acceptors (Lipinski definition) is 2. The van der Waals surface area contributed by atoms with Crippen LogP contribution in [0.1, 0.15) is 0 Å². The SMILES string of the molecule is O=c1cc[nH]c2c(Cl)c3[nH][nH][n+](=O)c3cc12. The Kier molecular flexibility index (Phi) is 1.69. The number of benzene rings is 1. The predicted octanol–water partition coefficient (Wildman–Crippen LogP) is 0.905. The van der Waals surface area contributed by atoms with Crippen LogP contribution in [0.25, 0.3) is 21.9 Å². The summed E-state index contributed by atoms with van der Waals surface area (Å²) in [5.74, 6) is 0. The Morgan fingerprint density at radius 3 is 2.94 bits per heavy atom. The Morgan fingerprint density at radius 1 is 1.31 bits per heavy atom. The topological polar surface area (TPSA) is 87.4 Å². The first-order valence-corrected chi connectivity index (χ1v) is 4.89. The van der Waals surface area contributed by atoms with E-state index in [9.17, 15) is 9.70 Å². The minimum Gasteiger partial charge on any atom is -0.360 e. The summed E-state index contributed by atoms with van der Waals surface area (Å²) < 4.78 is 0.521. The van der Waals surface area contributed by atoms with E-state index in [0.717, 1.165) is 0 Å². The van der Waals surface area contributed by atoms with E-state index in [2.05, 4.69) is 15.3 Å². The van der Waals surface area contributed by atoms with Gasteiger partial charge in [-0.25, -0.2) is 0 Å². The number of rotatable bonds is 0. The first-order chi connectivity index (χ1) is 7.68. The number of aromatic nitrogens is 4. The Morgan fingerprint density at radius 2 is 2.12 bits per heavy atom. The molecule has 2 heterocycles. The second-order valence-corrected chi connectivity index (χ2v) is 3.76. The highest BCUT2D eigenvalue weighted by Gasteiger charge is 2.16. The third-order valence-electron chi connectivity index (χ3n) is 2.47. The summed E-state index contributed by atoms with van der Waals surface area (Å²) in [4.78, 5) is 25.8. The zero-order chi connectivity index (χ0) is 11.3. The molecule has 0 radical (unpaired) electrons. The van der Waals surface area contributed by atoms with Crippen molar-refractivity contribution in [1.82, 2.24) is 15.3 Å². The van der Waals surface area contributed by atoms with Crippen molar-refractivity contribution < 1.29 is 4.54 Å². The smallest absolute Gasteiger partial charge is 0.251 e. The molecule has 0 amide bonds. The summed E-state index contributed by atoms with van der Waals surface area (Å²) in [6, 6.07) is 2.88. The van der Waals surface area contributed by atoms with Gasteiger partial charge in [0.2, 0.25) is 5.52 Å². The van der Waals surface area contributed by atoms with E-state index >= 15 is 0 Å². The van der Waals surface area contributed by atoms with Crippen molar-refractivity contribution in [3.8, 4) is 0 Å². The zero-order valence-electron chi connectivity index (χ0n) is 7.87. The molecular formula is C9H6ClN4O2+. The zero-order valence-corrected chi connectivity index (χ0v) is 8.63. The van der Waals surface area contributed by atoms with Gasteiger partial charge in [-0.1, -0.05) is 16.8 Å². The van der Waals surface area contributed by atoms with Gasteiger partial charge in [-0.2, -0.15) is 5.10 Å². The minimum absolute atomic E-state index is 0.182. The molecule has 0 saturated heterocycles. The molecule has 2 aromatic heterocycles. The van der Waals surface area contributed by atoms with Gasteiger partial charge >= 0.3 is 0 Å². The monoisotopic (exact) mass is 237 g/mol. The van der Waals surface area contributed by atoms with Gasteiger partial charge in [0.25, 0.3) is 5.52 Å². The number of hydrogen-bond donors (Lipinski definition) is 3. The van der Waals surface area contributed by atoms with Crippen molar-refractivity contribution in [3.05, 3.63) is 38.5 Å². The van der Waals surface area contributed by atoms with E-state index in [1.807, 2.05) is 0 Å². The number of aromatic amines is 3. The molecular weight excluding hydrogens is 232 g/mol. The summed E-state index contributed by atoms with van der Waals surface area (Å²) in [6.07, 6.45) is 1.51. The van der Waals surface area contributed by atoms with E-state index < -0.39 is 0 Å². The lowest BCUT2D eigenvalue weighted by atomic mass is 10.2.